The minimum atomic E-state index is -1.68. The van der Waals surface area contributed by atoms with E-state index in [4.69, 9.17) is 14.2 Å². The second-order valence-electron chi connectivity index (χ2n) is 5.81. The van der Waals surface area contributed by atoms with E-state index < -0.39 is 22.8 Å². The number of carbonyl (C=O) groups excluding carboxylic acids is 1. The van der Waals surface area contributed by atoms with Crippen molar-refractivity contribution < 1.29 is 29.2 Å². The summed E-state index contributed by atoms with van der Waals surface area (Å²) in [6.45, 7) is 8.56. The maximum Gasteiger partial charge on any atom is 0.337 e. The van der Waals surface area contributed by atoms with Gasteiger partial charge in [0.25, 0.3) is 0 Å². The predicted molar refractivity (Wildman–Crippen MR) is 71.6 cm³/mol. The molecule has 1 aliphatic rings. The molecule has 0 radical (unpaired) electrons. The minimum absolute atomic E-state index is 0.0888. The summed E-state index contributed by atoms with van der Waals surface area (Å²) in [6.07, 6.45) is 1.67. The van der Waals surface area contributed by atoms with Gasteiger partial charge in [-0.2, -0.15) is 0 Å². The highest BCUT2D eigenvalue weighted by Crippen LogP contribution is 2.43. The molecule has 0 aromatic heterocycles. The number of esters is 1. The normalized spacial score (nSPS) is 30.9. The maximum absolute atomic E-state index is 11.5. The van der Waals surface area contributed by atoms with E-state index in [1.807, 2.05) is 6.92 Å². The lowest BCUT2D eigenvalue weighted by Crippen LogP contribution is -2.61. The molecule has 6 heteroatoms. The predicted octanol–water partition coefficient (Wildman–Crippen LogP) is 0.823. The second kappa shape index (κ2) is 6.22. The monoisotopic (exact) mass is 288 g/mol. The van der Waals surface area contributed by atoms with Gasteiger partial charge in [0.15, 0.2) is 0 Å². The first-order chi connectivity index (χ1) is 9.30. The minimum Gasteiger partial charge on any atom is -0.404 e. The van der Waals surface area contributed by atoms with Crippen LogP contribution in [0.4, 0.5) is 0 Å². The summed E-state index contributed by atoms with van der Waals surface area (Å²) < 4.78 is 16.5. The lowest BCUT2D eigenvalue weighted by Gasteiger charge is -2.49. The number of hydrogen-bond donors (Lipinski definition) is 2. The Bertz CT molecular complexity index is 349. The Morgan fingerprint density at radius 2 is 1.95 bits per heavy atom. The highest BCUT2D eigenvalue weighted by atomic mass is 16.9. The fraction of sp³-hybridized carbons (Fsp3) is 0.786. The van der Waals surface area contributed by atoms with Crippen LogP contribution >= 0.6 is 0 Å². The molecule has 0 aromatic rings. The molecule has 0 atom stereocenters. The van der Waals surface area contributed by atoms with Gasteiger partial charge in [0.05, 0.1) is 31.8 Å². The number of rotatable bonds is 6. The van der Waals surface area contributed by atoms with Crippen molar-refractivity contribution in [3.05, 3.63) is 12.7 Å². The molecule has 0 amide bonds. The standard InChI is InChI=1S/C14H24O6/c1-5-11(17)20-14(12(3,4)7-15)18-9-13(6-2,8-16)10-19-14/h5,15-16H,1,6-10H2,2-4H3. The first-order valence-electron chi connectivity index (χ1n) is 6.65. The molecular formula is C14H24O6. The van der Waals surface area contributed by atoms with E-state index in [2.05, 4.69) is 6.58 Å². The number of aliphatic hydroxyl groups is 2. The molecule has 1 aliphatic heterocycles. The Labute approximate surface area is 119 Å². The fourth-order valence-corrected chi connectivity index (χ4v) is 1.85. The van der Waals surface area contributed by atoms with E-state index >= 15 is 0 Å². The summed E-state index contributed by atoms with van der Waals surface area (Å²) >= 11 is 0. The third kappa shape index (κ3) is 3.03. The molecule has 6 nitrogen and oxygen atoms in total. The molecule has 0 saturated carbocycles. The molecule has 0 bridgehead atoms. The van der Waals surface area contributed by atoms with Crippen LogP contribution in [0, 0.1) is 10.8 Å². The number of aliphatic hydroxyl groups excluding tert-OH is 2. The summed E-state index contributed by atoms with van der Waals surface area (Å²) in [6, 6.07) is 0. The summed E-state index contributed by atoms with van der Waals surface area (Å²) in [7, 11) is 0. The van der Waals surface area contributed by atoms with E-state index in [9.17, 15) is 15.0 Å². The number of ether oxygens (including phenoxy) is 3. The van der Waals surface area contributed by atoms with E-state index in [-0.39, 0.29) is 26.4 Å². The molecule has 2 N–H and O–H groups in total. The van der Waals surface area contributed by atoms with Gasteiger partial charge in [0, 0.05) is 11.5 Å². The van der Waals surface area contributed by atoms with Crippen molar-refractivity contribution in [1.29, 1.82) is 0 Å². The van der Waals surface area contributed by atoms with Crippen molar-refractivity contribution in [3.8, 4) is 0 Å². The topological polar surface area (TPSA) is 85.2 Å². The SMILES string of the molecule is C=CC(=O)OC1(C(C)(C)CO)OCC(CC)(CO)CO1. The molecule has 1 rings (SSSR count). The maximum atomic E-state index is 11.5. The molecule has 1 heterocycles. The van der Waals surface area contributed by atoms with Crippen LogP contribution in [0.25, 0.3) is 0 Å². The van der Waals surface area contributed by atoms with Crippen LogP contribution in [0.15, 0.2) is 12.7 Å². The fourth-order valence-electron chi connectivity index (χ4n) is 1.85. The average Bonchev–Trinajstić information content (AvgIpc) is 2.48. The van der Waals surface area contributed by atoms with Gasteiger partial charge in [-0.1, -0.05) is 13.5 Å². The zero-order chi connectivity index (χ0) is 15.4. The zero-order valence-electron chi connectivity index (χ0n) is 12.3. The molecule has 20 heavy (non-hydrogen) atoms. The van der Waals surface area contributed by atoms with Crippen LogP contribution in [-0.2, 0) is 19.0 Å². The average molecular weight is 288 g/mol. The Morgan fingerprint density at radius 1 is 1.40 bits per heavy atom. The van der Waals surface area contributed by atoms with Crippen molar-refractivity contribution in [2.45, 2.75) is 33.2 Å². The van der Waals surface area contributed by atoms with E-state index in [1.54, 1.807) is 13.8 Å². The van der Waals surface area contributed by atoms with Crippen molar-refractivity contribution in [3.63, 3.8) is 0 Å². The van der Waals surface area contributed by atoms with Gasteiger partial charge >= 0.3 is 11.9 Å². The van der Waals surface area contributed by atoms with Crippen LogP contribution in [0.5, 0.6) is 0 Å². The van der Waals surface area contributed by atoms with Crippen molar-refractivity contribution in [1.82, 2.24) is 0 Å². The summed E-state index contributed by atoms with van der Waals surface area (Å²) in [5.41, 5.74) is -1.48. The van der Waals surface area contributed by atoms with Crippen LogP contribution in [0.1, 0.15) is 27.2 Å². The molecule has 1 saturated heterocycles. The highest BCUT2D eigenvalue weighted by molar-refractivity contribution is 5.81. The Kier molecular flexibility index (Phi) is 5.32. The van der Waals surface area contributed by atoms with Gasteiger partial charge in [0.2, 0.25) is 0 Å². The van der Waals surface area contributed by atoms with Gasteiger partial charge < -0.3 is 24.4 Å². The quantitative estimate of drug-likeness (QED) is 0.556. The molecule has 116 valence electrons. The first kappa shape index (κ1) is 17.1. The highest BCUT2D eigenvalue weighted by Gasteiger charge is 2.56. The third-order valence-corrected chi connectivity index (χ3v) is 3.85. The van der Waals surface area contributed by atoms with Crippen LogP contribution in [0.3, 0.4) is 0 Å². The van der Waals surface area contributed by atoms with Gasteiger partial charge in [-0.15, -0.1) is 0 Å². The van der Waals surface area contributed by atoms with Crippen molar-refractivity contribution >= 4 is 5.97 Å². The smallest absolute Gasteiger partial charge is 0.337 e. The molecule has 0 unspecified atom stereocenters. The lowest BCUT2D eigenvalue weighted by atomic mass is 9.84. The summed E-state index contributed by atoms with van der Waals surface area (Å²) in [4.78, 5) is 11.5. The van der Waals surface area contributed by atoms with Crippen molar-refractivity contribution in [2.24, 2.45) is 10.8 Å². The Morgan fingerprint density at radius 3 is 2.30 bits per heavy atom. The van der Waals surface area contributed by atoms with Crippen LogP contribution < -0.4 is 0 Å². The van der Waals surface area contributed by atoms with Crippen LogP contribution in [0.2, 0.25) is 0 Å². The van der Waals surface area contributed by atoms with Gasteiger partial charge in [-0.05, 0) is 20.3 Å². The second-order valence-corrected chi connectivity index (χ2v) is 5.81. The molecule has 0 aliphatic carbocycles. The first-order valence-corrected chi connectivity index (χ1v) is 6.65. The summed E-state index contributed by atoms with van der Waals surface area (Å²) in [5.74, 6) is -2.37. The lowest BCUT2D eigenvalue weighted by molar-refractivity contribution is -0.446. The zero-order valence-corrected chi connectivity index (χ0v) is 12.3. The van der Waals surface area contributed by atoms with Gasteiger partial charge in [-0.3, -0.25) is 0 Å². The van der Waals surface area contributed by atoms with Crippen LogP contribution in [-0.4, -0.2) is 48.6 Å². The van der Waals surface area contributed by atoms with Gasteiger partial charge in [0.1, 0.15) is 0 Å². The van der Waals surface area contributed by atoms with E-state index in [1.165, 1.54) is 0 Å². The third-order valence-electron chi connectivity index (χ3n) is 3.85. The molecule has 1 fully saturated rings. The Balaban J connectivity index is 2.99. The summed E-state index contributed by atoms with van der Waals surface area (Å²) in [5, 5.41) is 19.0. The van der Waals surface area contributed by atoms with E-state index in [0.717, 1.165) is 6.08 Å². The number of carbonyl (C=O) groups is 1. The number of hydrogen-bond acceptors (Lipinski definition) is 6. The largest absolute Gasteiger partial charge is 0.404 e. The van der Waals surface area contributed by atoms with E-state index in [0.29, 0.717) is 6.42 Å². The molecule has 0 aromatic carbocycles. The Hall–Kier alpha value is -0.950. The molecular weight excluding hydrogens is 264 g/mol. The molecule has 0 spiro atoms. The van der Waals surface area contributed by atoms with Crippen molar-refractivity contribution in [2.75, 3.05) is 26.4 Å². The van der Waals surface area contributed by atoms with Gasteiger partial charge in [-0.25, -0.2) is 4.79 Å².